The van der Waals surface area contributed by atoms with Gasteiger partial charge in [0, 0.05) is 18.2 Å². The third kappa shape index (κ3) is 2.43. The Labute approximate surface area is 112 Å². The van der Waals surface area contributed by atoms with E-state index in [0.29, 0.717) is 11.3 Å². The lowest BCUT2D eigenvalue weighted by molar-refractivity contribution is 0.628. The molecule has 2 aromatic rings. The van der Waals surface area contributed by atoms with Gasteiger partial charge >= 0.3 is 0 Å². The summed E-state index contributed by atoms with van der Waals surface area (Å²) in [5, 5.41) is 3.03. The van der Waals surface area contributed by atoms with Crippen LogP contribution in [0.25, 0.3) is 11.3 Å². The van der Waals surface area contributed by atoms with Crippen molar-refractivity contribution in [3.8, 4) is 11.3 Å². The minimum Gasteiger partial charge on any atom is -0.373 e. The van der Waals surface area contributed by atoms with E-state index in [1.807, 2.05) is 33.9 Å². The molecule has 0 aliphatic rings. The lowest BCUT2D eigenvalue weighted by Gasteiger charge is -2.14. The van der Waals surface area contributed by atoms with E-state index in [1.54, 1.807) is 6.07 Å². The predicted molar refractivity (Wildman–Crippen MR) is 75.8 cm³/mol. The molecule has 2 rings (SSSR count). The molecule has 0 saturated carbocycles. The van der Waals surface area contributed by atoms with Crippen molar-refractivity contribution in [3.05, 3.63) is 41.0 Å². The van der Waals surface area contributed by atoms with E-state index in [2.05, 4.69) is 15.3 Å². The summed E-state index contributed by atoms with van der Waals surface area (Å²) in [4.78, 5) is 8.47. The number of halogens is 1. The Hall–Kier alpha value is -1.97. The van der Waals surface area contributed by atoms with Crippen LogP contribution >= 0.6 is 0 Å². The fourth-order valence-corrected chi connectivity index (χ4v) is 2.39. The first-order chi connectivity index (χ1) is 9.08. The molecule has 0 aliphatic carbocycles. The summed E-state index contributed by atoms with van der Waals surface area (Å²) in [6.07, 6.45) is 2.22. The normalized spacial score (nSPS) is 10.6. The van der Waals surface area contributed by atoms with Crippen LogP contribution in [0.4, 0.5) is 10.2 Å². The third-order valence-corrected chi connectivity index (χ3v) is 3.20. The monoisotopic (exact) mass is 259 g/mol. The van der Waals surface area contributed by atoms with Crippen LogP contribution in [-0.2, 0) is 6.42 Å². The zero-order chi connectivity index (χ0) is 14.0. The first-order valence-electron chi connectivity index (χ1n) is 6.37. The van der Waals surface area contributed by atoms with Crippen molar-refractivity contribution in [2.75, 3.05) is 12.4 Å². The number of hydrogen-bond acceptors (Lipinski definition) is 3. The molecule has 0 saturated heterocycles. The molecule has 0 bridgehead atoms. The van der Waals surface area contributed by atoms with Gasteiger partial charge < -0.3 is 5.32 Å². The number of hydrogen-bond donors (Lipinski definition) is 1. The quantitative estimate of drug-likeness (QED) is 0.916. The van der Waals surface area contributed by atoms with E-state index in [1.165, 1.54) is 6.33 Å². The molecule has 0 spiro atoms. The highest BCUT2D eigenvalue weighted by Crippen LogP contribution is 2.31. The van der Waals surface area contributed by atoms with Gasteiger partial charge in [0.05, 0.1) is 5.69 Å². The van der Waals surface area contributed by atoms with Gasteiger partial charge in [-0.2, -0.15) is 0 Å². The number of aryl methyl sites for hydroxylation is 2. The highest BCUT2D eigenvalue weighted by Gasteiger charge is 2.16. The van der Waals surface area contributed by atoms with E-state index < -0.39 is 0 Å². The second-order valence-electron chi connectivity index (χ2n) is 4.59. The number of nitrogens with zero attached hydrogens (tertiary/aromatic N) is 2. The van der Waals surface area contributed by atoms with Crippen LogP contribution in [0.5, 0.6) is 0 Å². The van der Waals surface area contributed by atoms with Crippen molar-refractivity contribution >= 4 is 5.82 Å². The Morgan fingerprint density at radius 3 is 2.53 bits per heavy atom. The van der Waals surface area contributed by atoms with Crippen molar-refractivity contribution < 1.29 is 4.39 Å². The highest BCUT2D eigenvalue weighted by molar-refractivity contribution is 5.71. The van der Waals surface area contributed by atoms with Crippen molar-refractivity contribution in [1.82, 2.24) is 9.97 Å². The van der Waals surface area contributed by atoms with Gasteiger partial charge in [-0.1, -0.05) is 13.0 Å². The average molecular weight is 259 g/mol. The number of anilines is 1. The molecular formula is C15H18FN3. The summed E-state index contributed by atoms with van der Waals surface area (Å²) in [7, 11) is 1.81. The first kappa shape index (κ1) is 13.5. The minimum atomic E-state index is -0.229. The standard InChI is InChI=1S/C15H18FN3/c1-5-11-14(18-8-19-15(11)17-4)13-10(3)6-9(2)7-12(13)16/h6-8H,5H2,1-4H3,(H,17,18,19). The Bertz CT molecular complexity index is 585. The molecule has 0 unspecified atom stereocenters. The van der Waals surface area contributed by atoms with Crippen LogP contribution < -0.4 is 5.32 Å². The lowest BCUT2D eigenvalue weighted by atomic mass is 9.98. The third-order valence-electron chi connectivity index (χ3n) is 3.20. The number of rotatable bonds is 3. The van der Waals surface area contributed by atoms with Crippen LogP contribution in [0.15, 0.2) is 18.5 Å². The summed E-state index contributed by atoms with van der Waals surface area (Å²) >= 11 is 0. The van der Waals surface area contributed by atoms with Crippen molar-refractivity contribution in [3.63, 3.8) is 0 Å². The largest absolute Gasteiger partial charge is 0.373 e. The molecule has 1 N–H and O–H groups in total. The molecule has 0 amide bonds. The second kappa shape index (κ2) is 5.34. The molecule has 1 aromatic carbocycles. The molecule has 0 atom stereocenters. The highest BCUT2D eigenvalue weighted by atomic mass is 19.1. The maximum absolute atomic E-state index is 14.3. The van der Waals surface area contributed by atoms with E-state index in [-0.39, 0.29) is 5.82 Å². The smallest absolute Gasteiger partial charge is 0.133 e. The molecule has 19 heavy (non-hydrogen) atoms. The van der Waals surface area contributed by atoms with Crippen LogP contribution in [0.1, 0.15) is 23.6 Å². The molecule has 100 valence electrons. The van der Waals surface area contributed by atoms with Crippen molar-refractivity contribution in [1.29, 1.82) is 0 Å². The Morgan fingerprint density at radius 1 is 1.21 bits per heavy atom. The van der Waals surface area contributed by atoms with Crippen LogP contribution in [0, 0.1) is 19.7 Å². The fourth-order valence-electron chi connectivity index (χ4n) is 2.39. The van der Waals surface area contributed by atoms with Gasteiger partial charge in [-0.05, 0) is 37.5 Å². The maximum atomic E-state index is 14.3. The predicted octanol–water partition coefficient (Wildman–Crippen LogP) is 3.50. The van der Waals surface area contributed by atoms with Crippen LogP contribution in [-0.4, -0.2) is 17.0 Å². The first-order valence-corrected chi connectivity index (χ1v) is 6.37. The topological polar surface area (TPSA) is 37.8 Å². The lowest BCUT2D eigenvalue weighted by Crippen LogP contribution is -2.04. The van der Waals surface area contributed by atoms with Gasteiger partial charge in [-0.25, -0.2) is 14.4 Å². The minimum absolute atomic E-state index is 0.229. The molecule has 0 radical (unpaired) electrons. The SMILES string of the molecule is CCc1c(NC)ncnc1-c1c(C)cc(C)cc1F. The Balaban J connectivity index is 2.72. The van der Waals surface area contributed by atoms with Crippen molar-refractivity contribution in [2.45, 2.75) is 27.2 Å². The summed E-state index contributed by atoms with van der Waals surface area (Å²) < 4.78 is 14.3. The summed E-state index contributed by atoms with van der Waals surface area (Å²) in [6, 6.07) is 3.52. The van der Waals surface area contributed by atoms with Gasteiger partial charge in [-0.15, -0.1) is 0 Å². The fraction of sp³-hybridized carbons (Fsp3) is 0.333. The molecule has 0 aliphatic heterocycles. The van der Waals surface area contributed by atoms with Gasteiger partial charge in [0.2, 0.25) is 0 Å². The average Bonchev–Trinajstić information content (AvgIpc) is 2.37. The molecule has 4 heteroatoms. The van der Waals surface area contributed by atoms with E-state index in [9.17, 15) is 4.39 Å². The van der Waals surface area contributed by atoms with Crippen LogP contribution in [0.3, 0.4) is 0 Å². The zero-order valence-corrected chi connectivity index (χ0v) is 11.7. The zero-order valence-electron chi connectivity index (χ0n) is 11.7. The van der Waals surface area contributed by atoms with Gasteiger partial charge in [0.15, 0.2) is 0 Å². The maximum Gasteiger partial charge on any atom is 0.133 e. The Morgan fingerprint density at radius 2 is 1.95 bits per heavy atom. The Kier molecular flexibility index (Phi) is 3.79. The van der Waals surface area contributed by atoms with Crippen LogP contribution in [0.2, 0.25) is 0 Å². The molecule has 0 fully saturated rings. The number of nitrogens with one attached hydrogen (secondary N) is 1. The molecule has 1 heterocycles. The van der Waals surface area contributed by atoms with Gasteiger partial charge in [-0.3, -0.25) is 0 Å². The van der Waals surface area contributed by atoms with E-state index in [4.69, 9.17) is 0 Å². The summed E-state index contributed by atoms with van der Waals surface area (Å²) in [5.74, 6) is 0.528. The van der Waals surface area contributed by atoms with E-state index in [0.717, 1.165) is 28.9 Å². The second-order valence-corrected chi connectivity index (χ2v) is 4.59. The van der Waals surface area contributed by atoms with Gasteiger partial charge in [0.1, 0.15) is 18.0 Å². The molecular weight excluding hydrogens is 241 g/mol. The molecule has 3 nitrogen and oxygen atoms in total. The molecule has 1 aromatic heterocycles. The summed E-state index contributed by atoms with van der Waals surface area (Å²) in [6.45, 7) is 5.82. The van der Waals surface area contributed by atoms with Gasteiger partial charge in [0.25, 0.3) is 0 Å². The number of aromatic nitrogens is 2. The summed E-state index contributed by atoms with van der Waals surface area (Å²) in [5.41, 5.74) is 4.00. The van der Waals surface area contributed by atoms with E-state index >= 15 is 0 Å². The number of benzene rings is 1. The van der Waals surface area contributed by atoms with Crippen molar-refractivity contribution in [2.24, 2.45) is 0 Å².